The van der Waals surface area contributed by atoms with E-state index in [9.17, 15) is 5.11 Å². The van der Waals surface area contributed by atoms with Gasteiger partial charge in [-0.1, -0.05) is 13.3 Å². The molecule has 1 fully saturated rings. The van der Waals surface area contributed by atoms with Gasteiger partial charge in [0.15, 0.2) is 0 Å². The molecular formula is C17H36N2O2. The lowest BCUT2D eigenvalue weighted by Crippen LogP contribution is -2.64. The van der Waals surface area contributed by atoms with Gasteiger partial charge in [-0.25, -0.2) is 0 Å². The third kappa shape index (κ3) is 5.20. The number of rotatable bonds is 7. The van der Waals surface area contributed by atoms with Crippen molar-refractivity contribution in [2.45, 2.75) is 103 Å². The number of piperidine rings is 1. The van der Waals surface area contributed by atoms with E-state index in [1.807, 2.05) is 6.92 Å². The van der Waals surface area contributed by atoms with Gasteiger partial charge in [-0.15, -0.1) is 0 Å². The zero-order valence-corrected chi connectivity index (χ0v) is 15.1. The van der Waals surface area contributed by atoms with Crippen molar-refractivity contribution < 1.29 is 9.94 Å². The number of hydroxylamine groups is 2. The van der Waals surface area contributed by atoms with E-state index in [-0.39, 0.29) is 17.2 Å². The molecule has 2 N–H and O–H groups in total. The lowest BCUT2D eigenvalue weighted by Gasteiger charge is -2.54. The summed E-state index contributed by atoms with van der Waals surface area (Å²) in [5.74, 6) is 0. The van der Waals surface area contributed by atoms with Crippen LogP contribution in [0.25, 0.3) is 0 Å². The molecule has 126 valence electrons. The summed E-state index contributed by atoms with van der Waals surface area (Å²) in [5, 5.41) is 15.5. The SMILES string of the molecule is CCCCNC1CC(C)(C)N(OC(C)C(C)O)C(C)(C)C1. The van der Waals surface area contributed by atoms with E-state index < -0.39 is 6.10 Å². The molecule has 0 aromatic heterocycles. The maximum absolute atomic E-state index is 9.72. The van der Waals surface area contributed by atoms with E-state index in [1.165, 1.54) is 12.8 Å². The Balaban J connectivity index is 2.74. The third-order valence-electron chi connectivity index (χ3n) is 4.51. The molecule has 1 aliphatic heterocycles. The normalized spacial score (nSPS) is 25.7. The van der Waals surface area contributed by atoms with Crippen LogP contribution >= 0.6 is 0 Å². The number of hydrogen-bond acceptors (Lipinski definition) is 4. The van der Waals surface area contributed by atoms with Gasteiger partial charge in [-0.05, 0) is 67.3 Å². The van der Waals surface area contributed by atoms with Crippen LogP contribution in [0.3, 0.4) is 0 Å². The molecule has 4 nitrogen and oxygen atoms in total. The molecule has 1 saturated heterocycles. The van der Waals surface area contributed by atoms with Gasteiger partial charge in [0.25, 0.3) is 0 Å². The predicted octanol–water partition coefficient (Wildman–Crippen LogP) is 3.10. The molecule has 0 aliphatic carbocycles. The minimum absolute atomic E-state index is 0.0468. The van der Waals surface area contributed by atoms with Gasteiger partial charge in [-0.3, -0.25) is 4.84 Å². The Hall–Kier alpha value is -0.160. The zero-order valence-electron chi connectivity index (χ0n) is 15.1. The molecule has 0 radical (unpaired) electrons. The third-order valence-corrected chi connectivity index (χ3v) is 4.51. The van der Waals surface area contributed by atoms with Crippen molar-refractivity contribution in [3.8, 4) is 0 Å². The highest BCUT2D eigenvalue weighted by Gasteiger charge is 2.47. The lowest BCUT2D eigenvalue weighted by atomic mass is 9.79. The minimum atomic E-state index is -0.461. The number of aliphatic hydroxyl groups excluding tert-OH is 1. The Morgan fingerprint density at radius 3 is 2.14 bits per heavy atom. The first-order valence-corrected chi connectivity index (χ1v) is 8.48. The van der Waals surface area contributed by atoms with Crippen LogP contribution in [0, 0.1) is 0 Å². The molecule has 1 heterocycles. The molecule has 1 rings (SSSR count). The summed E-state index contributed by atoms with van der Waals surface area (Å²) >= 11 is 0. The van der Waals surface area contributed by atoms with Crippen molar-refractivity contribution in [3.63, 3.8) is 0 Å². The van der Waals surface area contributed by atoms with Crippen LogP contribution in [0.2, 0.25) is 0 Å². The van der Waals surface area contributed by atoms with Gasteiger partial charge in [0.2, 0.25) is 0 Å². The van der Waals surface area contributed by atoms with Crippen LogP contribution in [0.1, 0.15) is 74.1 Å². The molecule has 0 bridgehead atoms. The number of unbranched alkanes of at least 4 members (excludes halogenated alkanes) is 1. The Morgan fingerprint density at radius 1 is 1.19 bits per heavy atom. The standard InChI is InChI=1S/C17H36N2O2/c1-8-9-10-18-15-11-16(4,5)19(17(6,7)12-15)21-14(3)13(2)20/h13-15,18,20H,8-12H2,1-7H3. The summed E-state index contributed by atoms with van der Waals surface area (Å²) in [5.41, 5.74) is -0.0937. The van der Waals surface area contributed by atoms with E-state index in [4.69, 9.17) is 4.84 Å². The van der Waals surface area contributed by atoms with Crippen LogP contribution in [-0.2, 0) is 4.84 Å². The highest BCUT2D eigenvalue weighted by atomic mass is 16.7. The lowest BCUT2D eigenvalue weighted by molar-refractivity contribution is -0.314. The van der Waals surface area contributed by atoms with E-state index in [0.29, 0.717) is 6.04 Å². The van der Waals surface area contributed by atoms with E-state index in [1.54, 1.807) is 6.92 Å². The maximum Gasteiger partial charge on any atom is 0.102 e. The number of nitrogens with zero attached hydrogens (tertiary/aromatic N) is 1. The predicted molar refractivity (Wildman–Crippen MR) is 88.2 cm³/mol. The highest BCUT2D eigenvalue weighted by Crippen LogP contribution is 2.39. The van der Waals surface area contributed by atoms with E-state index in [2.05, 4.69) is 45.0 Å². The molecule has 0 spiro atoms. The molecule has 0 aromatic carbocycles. The smallest absolute Gasteiger partial charge is 0.102 e. The number of aliphatic hydroxyl groups is 1. The molecule has 2 unspecified atom stereocenters. The van der Waals surface area contributed by atoms with Crippen LogP contribution < -0.4 is 5.32 Å². The molecule has 0 saturated carbocycles. The van der Waals surface area contributed by atoms with Crippen molar-refractivity contribution in [1.29, 1.82) is 0 Å². The number of nitrogens with one attached hydrogen (secondary N) is 1. The monoisotopic (exact) mass is 300 g/mol. The minimum Gasteiger partial charge on any atom is -0.391 e. The molecule has 2 atom stereocenters. The Bertz CT molecular complexity index is 298. The van der Waals surface area contributed by atoms with Crippen molar-refractivity contribution >= 4 is 0 Å². The highest BCUT2D eigenvalue weighted by molar-refractivity contribution is 4.99. The van der Waals surface area contributed by atoms with Gasteiger partial charge in [-0.2, -0.15) is 5.06 Å². The van der Waals surface area contributed by atoms with Crippen LogP contribution in [0.5, 0.6) is 0 Å². The Labute approximate surface area is 131 Å². The summed E-state index contributed by atoms with van der Waals surface area (Å²) in [4.78, 5) is 6.11. The molecule has 21 heavy (non-hydrogen) atoms. The average molecular weight is 300 g/mol. The topological polar surface area (TPSA) is 44.7 Å². The second-order valence-electron chi connectivity index (χ2n) is 7.88. The molecule has 0 aromatic rings. The number of hydrogen-bond donors (Lipinski definition) is 2. The summed E-state index contributed by atoms with van der Waals surface area (Å²) in [6.07, 6.45) is 3.94. The van der Waals surface area contributed by atoms with Crippen molar-refractivity contribution in [1.82, 2.24) is 10.4 Å². The summed E-state index contributed by atoms with van der Waals surface area (Å²) < 4.78 is 0. The fourth-order valence-corrected chi connectivity index (χ4v) is 3.43. The van der Waals surface area contributed by atoms with Crippen molar-refractivity contribution in [3.05, 3.63) is 0 Å². The summed E-state index contributed by atoms with van der Waals surface area (Å²) in [7, 11) is 0. The molecule has 4 heteroatoms. The van der Waals surface area contributed by atoms with Crippen LogP contribution in [-0.4, -0.2) is 46.0 Å². The van der Waals surface area contributed by atoms with Crippen molar-refractivity contribution in [2.75, 3.05) is 6.54 Å². The first-order valence-electron chi connectivity index (χ1n) is 8.48. The Kier molecular flexibility index (Phi) is 6.66. The first kappa shape index (κ1) is 18.9. The van der Waals surface area contributed by atoms with Gasteiger partial charge >= 0.3 is 0 Å². The van der Waals surface area contributed by atoms with E-state index in [0.717, 1.165) is 19.4 Å². The average Bonchev–Trinajstić information content (AvgIpc) is 2.32. The van der Waals surface area contributed by atoms with Crippen molar-refractivity contribution in [2.24, 2.45) is 0 Å². The fourth-order valence-electron chi connectivity index (χ4n) is 3.43. The van der Waals surface area contributed by atoms with Gasteiger partial charge in [0.1, 0.15) is 6.10 Å². The maximum atomic E-state index is 9.72. The second-order valence-corrected chi connectivity index (χ2v) is 7.88. The largest absolute Gasteiger partial charge is 0.391 e. The fraction of sp³-hybridized carbons (Fsp3) is 1.00. The van der Waals surface area contributed by atoms with Gasteiger partial charge < -0.3 is 10.4 Å². The van der Waals surface area contributed by atoms with E-state index >= 15 is 0 Å². The summed E-state index contributed by atoms with van der Waals surface area (Å²) in [6, 6.07) is 0.531. The zero-order chi connectivity index (χ0) is 16.3. The first-order chi connectivity index (χ1) is 9.60. The summed E-state index contributed by atoms with van der Waals surface area (Å²) in [6.45, 7) is 16.0. The van der Waals surface area contributed by atoms with Crippen LogP contribution in [0.15, 0.2) is 0 Å². The van der Waals surface area contributed by atoms with Gasteiger partial charge in [0.05, 0.1) is 6.10 Å². The van der Waals surface area contributed by atoms with Crippen LogP contribution in [0.4, 0.5) is 0 Å². The van der Waals surface area contributed by atoms with Gasteiger partial charge in [0, 0.05) is 17.1 Å². The second kappa shape index (κ2) is 7.40. The molecule has 0 amide bonds. The molecular weight excluding hydrogens is 264 g/mol. The molecule has 1 aliphatic rings. The Morgan fingerprint density at radius 2 is 1.71 bits per heavy atom. The quantitative estimate of drug-likeness (QED) is 0.709.